The number of carbonyl (C=O) groups is 2. The van der Waals surface area contributed by atoms with Crippen LogP contribution in [-0.2, 0) is 9.53 Å². The second-order valence-electron chi connectivity index (χ2n) is 8.18. The molecule has 0 spiro atoms. The normalized spacial score (nSPS) is 11.9. The van der Waals surface area contributed by atoms with Crippen molar-refractivity contribution >= 4 is 23.5 Å². The van der Waals surface area contributed by atoms with Crippen LogP contribution < -0.4 is 4.90 Å². The van der Waals surface area contributed by atoms with Crippen LogP contribution in [0.2, 0.25) is 0 Å². The first kappa shape index (κ1) is 25.7. The predicted molar refractivity (Wildman–Crippen MR) is 137 cm³/mol. The molecule has 3 aromatic carbocycles. The molecule has 6 heteroatoms. The molecule has 3 aromatic rings. The van der Waals surface area contributed by atoms with Gasteiger partial charge in [0.1, 0.15) is 11.6 Å². The van der Waals surface area contributed by atoms with Crippen LogP contribution in [0.3, 0.4) is 0 Å². The van der Waals surface area contributed by atoms with E-state index in [0.717, 1.165) is 24.3 Å². The number of nitrogens with zero attached hydrogens (tertiary/aromatic N) is 1. The van der Waals surface area contributed by atoms with Gasteiger partial charge in [-0.15, -0.1) is 0 Å². The number of allylic oxidation sites excluding steroid dienone is 1. The molecule has 0 aromatic heterocycles. The summed E-state index contributed by atoms with van der Waals surface area (Å²) in [4.78, 5) is 26.8. The number of ether oxygens (including phenoxy) is 1. The average Bonchev–Trinajstić information content (AvgIpc) is 2.88. The molecule has 0 saturated carbocycles. The van der Waals surface area contributed by atoms with E-state index in [-0.39, 0.29) is 16.9 Å². The van der Waals surface area contributed by atoms with Crippen molar-refractivity contribution in [2.75, 3.05) is 25.1 Å². The second-order valence-corrected chi connectivity index (χ2v) is 8.18. The minimum absolute atomic E-state index is 0.0740. The van der Waals surface area contributed by atoms with Gasteiger partial charge >= 0.3 is 5.97 Å². The molecule has 182 valence electrons. The molecular formula is C29H30FNO4. The number of ketones is 1. The number of aromatic hydroxyl groups is 1. The third-order valence-electron chi connectivity index (χ3n) is 6.07. The third kappa shape index (κ3) is 5.96. The van der Waals surface area contributed by atoms with Crippen LogP contribution in [0.25, 0.3) is 17.2 Å². The Kier molecular flexibility index (Phi) is 8.42. The number of halogens is 1. The number of hydrogen-bond acceptors (Lipinski definition) is 5. The maximum absolute atomic E-state index is 14.9. The van der Waals surface area contributed by atoms with Crippen molar-refractivity contribution in [1.82, 2.24) is 0 Å². The molecule has 5 nitrogen and oxygen atoms in total. The highest BCUT2D eigenvalue weighted by molar-refractivity contribution is 6.09. The van der Waals surface area contributed by atoms with Crippen molar-refractivity contribution < 1.29 is 23.8 Å². The summed E-state index contributed by atoms with van der Waals surface area (Å²) in [5, 5.41) is 10.3. The fourth-order valence-electron chi connectivity index (χ4n) is 3.90. The number of phenolic OH excluding ortho intramolecular Hbond substituents is 1. The van der Waals surface area contributed by atoms with Gasteiger partial charge in [0.15, 0.2) is 5.78 Å². The molecule has 0 bridgehead atoms. The van der Waals surface area contributed by atoms with Crippen LogP contribution in [0.1, 0.15) is 48.2 Å². The molecule has 1 unspecified atom stereocenters. The average molecular weight is 476 g/mol. The van der Waals surface area contributed by atoms with Crippen LogP contribution >= 0.6 is 0 Å². The topological polar surface area (TPSA) is 66.8 Å². The monoisotopic (exact) mass is 475 g/mol. The predicted octanol–water partition coefficient (Wildman–Crippen LogP) is 6.22. The molecule has 3 rings (SSSR count). The maximum Gasteiger partial charge on any atom is 0.312 e. The van der Waals surface area contributed by atoms with Gasteiger partial charge in [-0.3, -0.25) is 9.59 Å². The van der Waals surface area contributed by atoms with Gasteiger partial charge in [-0.25, -0.2) is 4.39 Å². The summed E-state index contributed by atoms with van der Waals surface area (Å²) in [5.74, 6) is -2.17. The van der Waals surface area contributed by atoms with E-state index in [0.29, 0.717) is 11.1 Å². The van der Waals surface area contributed by atoms with E-state index < -0.39 is 23.5 Å². The van der Waals surface area contributed by atoms with Crippen molar-refractivity contribution in [3.8, 4) is 16.9 Å². The standard InChI is InChI=1S/C29H30FNO4/c1-5-31(6-2)23-12-7-20(8-13-23)9-15-27(32)25-17-22(11-16-28(25)33)24-14-10-21(18-26(24)30)19(3)29(34)35-4/h7-19,33H,5-6H2,1-4H3/b15-9+. The summed E-state index contributed by atoms with van der Waals surface area (Å²) in [6.07, 6.45) is 3.08. The highest BCUT2D eigenvalue weighted by atomic mass is 19.1. The van der Waals surface area contributed by atoms with E-state index in [4.69, 9.17) is 4.74 Å². The van der Waals surface area contributed by atoms with Crippen molar-refractivity contribution in [3.63, 3.8) is 0 Å². The summed E-state index contributed by atoms with van der Waals surface area (Å²) < 4.78 is 19.6. The first-order chi connectivity index (χ1) is 16.8. The lowest BCUT2D eigenvalue weighted by molar-refractivity contribution is -0.142. The van der Waals surface area contributed by atoms with Crippen molar-refractivity contribution in [2.24, 2.45) is 0 Å². The van der Waals surface area contributed by atoms with Gasteiger partial charge in [-0.2, -0.15) is 0 Å². The Bertz CT molecular complexity index is 1230. The fourth-order valence-corrected chi connectivity index (χ4v) is 3.90. The number of rotatable bonds is 9. The smallest absolute Gasteiger partial charge is 0.312 e. The van der Waals surface area contributed by atoms with Gasteiger partial charge in [-0.1, -0.05) is 36.4 Å². The van der Waals surface area contributed by atoms with Gasteiger partial charge in [0.05, 0.1) is 18.6 Å². The van der Waals surface area contributed by atoms with E-state index in [1.165, 1.54) is 31.4 Å². The molecule has 0 fully saturated rings. The first-order valence-electron chi connectivity index (χ1n) is 11.6. The number of anilines is 1. The van der Waals surface area contributed by atoms with E-state index in [2.05, 4.69) is 18.7 Å². The number of carbonyl (C=O) groups excluding carboxylic acids is 2. The van der Waals surface area contributed by atoms with Crippen LogP contribution in [-0.4, -0.2) is 37.1 Å². The summed E-state index contributed by atoms with van der Waals surface area (Å²) >= 11 is 0. The largest absolute Gasteiger partial charge is 0.507 e. The van der Waals surface area contributed by atoms with Gasteiger partial charge in [0.2, 0.25) is 0 Å². The molecule has 0 heterocycles. The zero-order valence-electron chi connectivity index (χ0n) is 20.4. The van der Waals surface area contributed by atoms with E-state index >= 15 is 0 Å². The first-order valence-corrected chi connectivity index (χ1v) is 11.6. The van der Waals surface area contributed by atoms with Crippen molar-refractivity contribution in [2.45, 2.75) is 26.7 Å². The molecule has 35 heavy (non-hydrogen) atoms. The summed E-state index contributed by atoms with van der Waals surface area (Å²) in [7, 11) is 1.29. The molecule has 0 saturated heterocycles. The van der Waals surface area contributed by atoms with Crippen molar-refractivity contribution in [1.29, 1.82) is 0 Å². The highest BCUT2D eigenvalue weighted by Gasteiger charge is 2.18. The van der Waals surface area contributed by atoms with E-state index in [9.17, 15) is 19.1 Å². The SMILES string of the molecule is CCN(CC)c1ccc(/C=C/C(=O)c2cc(-c3ccc(C(C)C(=O)OC)cc3F)ccc2O)cc1. The summed E-state index contributed by atoms with van der Waals surface area (Å²) in [6.45, 7) is 7.65. The second kappa shape index (κ2) is 11.5. The fraction of sp³-hybridized carbons (Fsp3) is 0.241. The Hall–Kier alpha value is -3.93. The number of phenols is 1. The zero-order valence-corrected chi connectivity index (χ0v) is 20.4. The number of benzene rings is 3. The van der Waals surface area contributed by atoms with Crippen LogP contribution in [0.5, 0.6) is 5.75 Å². The van der Waals surface area contributed by atoms with Gasteiger partial charge in [0.25, 0.3) is 0 Å². The molecule has 0 aliphatic heterocycles. The molecular weight excluding hydrogens is 445 g/mol. The van der Waals surface area contributed by atoms with Gasteiger partial charge in [0, 0.05) is 24.3 Å². The molecule has 1 atom stereocenters. The Labute approximate surface area is 205 Å². The summed E-state index contributed by atoms with van der Waals surface area (Å²) in [5.41, 5.74) is 3.23. The van der Waals surface area contributed by atoms with E-state index in [1.807, 2.05) is 24.3 Å². The zero-order chi connectivity index (χ0) is 25.5. The highest BCUT2D eigenvalue weighted by Crippen LogP contribution is 2.30. The van der Waals surface area contributed by atoms with Gasteiger partial charge in [-0.05, 0) is 73.9 Å². The third-order valence-corrected chi connectivity index (χ3v) is 6.07. The Morgan fingerprint density at radius 3 is 2.31 bits per heavy atom. The lowest BCUT2D eigenvalue weighted by Gasteiger charge is -2.20. The Balaban J connectivity index is 1.83. The van der Waals surface area contributed by atoms with Crippen molar-refractivity contribution in [3.05, 3.63) is 89.2 Å². The molecule has 0 aliphatic carbocycles. The minimum atomic E-state index is -0.605. The maximum atomic E-state index is 14.9. The number of hydrogen-bond donors (Lipinski definition) is 1. The van der Waals surface area contributed by atoms with E-state index in [1.54, 1.807) is 31.2 Å². The molecule has 0 amide bonds. The Morgan fingerprint density at radius 2 is 1.71 bits per heavy atom. The lowest BCUT2D eigenvalue weighted by atomic mass is 9.95. The Morgan fingerprint density at radius 1 is 1.03 bits per heavy atom. The summed E-state index contributed by atoms with van der Waals surface area (Å²) in [6, 6.07) is 16.7. The van der Waals surface area contributed by atoms with Crippen LogP contribution in [0.15, 0.2) is 66.7 Å². The molecule has 0 radical (unpaired) electrons. The lowest BCUT2D eigenvalue weighted by Crippen LogP contribution is -2.21. The number of methoxy groups -OCH3 is 1. The minimum Gasteiger partial charge on any atom is -0.507 e. The quantitative estimate of drug-likeness (QED) is 0.226. The molecule has 1 N–H and O–H groups in total. The van der Waals surface area contributed by atoms with Crippen LogP contribution in [0.4, 0.5) is 10.1 Å². The van der Waals surface area contributed by atoms with Gasteiger partial charge < -0.3 is 14.7 Å². The molecule has 0 aliphatic rings. The van der Waals surface area contributed by atoms with Crippen LogP contribution in [0, 0.1) is 5.82 Å². The number of esters is 1.